The van der Waals surface area contributed by atoms with E-state index in [1.807, 2.05) is 0 Å². The van der Waals surface area contributed by atoms with Gasteiger partial charge in [0.05, 0.1) is 12.0 Å². The Kier molecular flexibility index (Phi) is 4.22. The summed E-state index contributed by atoms with van der Waals surface area (Å²) in [4.78, 5) is 11.0. The number of benzene rings is 1. The van der Waals surface area contributed by atoms with Crippen LogP contribution in [0, 0.1) is 5.92 Å². The second-order valence-corrected chi connectivity index (χ2v) is 6.21. The topological polar surface area (TPSA) is 105 Å². The molecule has 2 atom stereocenters. The molecule has 2 aliphatic rings. The van der Waals surface area contributed by atoms with Gasteiger partial charge in [0, 0.05) is 23.4 Å². The van der Waals surface area contributed by atoms with Crippen LogP contribution in [0.15, 0.2) is 18.2 Å². The van der Waals surface area contributed by atoms with E-state index in [1.165, 1.54) is 0 Å². The minimum atomic E-state index is -0.703. The summed E-state index contributed by atoms with van der Waals surface area (Å²) in [6.45, 7) is 0.385. The van der Waals surface area contributed by atoms with Gasteiger partial charge in [-0.3, -0.25) is 4.79 Å². The van der Waals surface area contributed by atoms with Crippen molar-refractivity contribution in [2.45, 2.75) is 43.9 Å². The number of ether oxygens (including phenoxy) is 1. The number of nitrogens with one attached hydrogen (secondary N) is 1. The van der Waals surface area contributed by atoms with Crippen LogP contribution < -0.4 is 15.8 Å². The highest BCUT2D eigenvalue weighted by Gasteiger charge is 2.33. The second-order valence-electron chi connectivity index (χ2n) is 6.21. The number of aliphatic hydroxyl groups is 1. The first kappa shape index (κ1) is 15.1. The van der Waals surface area contributed by atoms with Crippen molar-refractivity contribution >= 4 is 11.7 Å². The van der Waals surface area contributed by atoms with Crippen LogP contribution in [-0.4, -0.2) is 34.9 Å². The predicted molar refractivity (Wildman–Crippen MR) is 81.6 cm³/mol. The lowest BCUT2D eigenvalue weighted by molar-refractivity contribution is -0.142. The Hall–Kier alpha value is -1.79. The predicted octanol–water partition coefficient (Wildman–Crippen LogP) is 1.30. The molecule has 1 fully saturated rings. The number of aliphatic carboxylic acids is 1. The average molecular weight is 306 g/mol. The summed E-state index contributed by atoms with van der Waals surface area (Å²) in [6.07, 6.45) is 2.36. The van der Waals surface area contributed by atoms with Gasteiger partial charge >= 0.3 is 5.97 Å². The fraction of sp³-hybridized carbons (Fsp3) is 0.562. The van der Waals surface area contributed by atoms with Gasteiger partial charge in [-0.1, -0.05) is 6.07 Å². The lowest BCUT2D eigenvalue weighted by Crippen LogP contribution is -2.48. The maximum absolute atomic E-state index is 11.0. The molecule has 22 heavy (non-hydrogen) atoms. The number of carbonyl (C=O) groups is 1. The molecule has 3 rings (SSSR count). The zero-order chi connectivity index (χ0) is 15.7. The molecule has 1 aliphatic heterocycles. The number of nitrogens with two attached hydrogens (primary N) is 1. The standard InChI is InChI=1S/C16H22N2O4/c17-10-3-6-12-14(7-10)22-8-13(15(12)19)18-11-4-1-9(2-5-11)16(20)21/h3,6-7,9,11,13,15,18-19H,1-2,4-5,8,17H2,(H,20,21)/t9?,11?,13-,15+/m1/s1. The van der Waals surface area contributed by atoms with Crippen LogP contribution in [0.4, 0.5) is 5.69 Å². The molecule has 5 N–H and O–H groups in total. The molecule has 1 saturated carbocycles. The highest BCUT2D eigenvalue weighted by atomic mass is 16.5. The number of carboxylic acids is 1. The molecular formula is C16H22N2O4. The van der Waals surface area contributed by atoms with Crippen molar-refractivity contribution in [2.75, 3.05) is 12.3 Å². The van der Waals surface area contributed by atoms with E-state index in [1.54, 1.807) is 18.2 Å². The van der Waals surface area contributed by atoms with Gasteiger partial charge in [-0.2, -0.15) is 0 Å². The Morgan fingerprint density at radius 1 is 1.27 bits per heavy atom. The highest BCUT2D eigenvalue weighted by Crippen LogP contribution is 2.34. The molecule has 1 aromatic carbocycles. The molecule has 0 spiro atoms. The number of rotatable bonds is 3. The van der Waals surface area contributed by atoms with Crippen molar-refractivity contribution in [3.8, 4) is 5.75 Å². The lowest BCUT2D eigenvalue weighted by Gasteiger charge is -2.36. The van der Waals surface area contributed by atoms with Crippen molar-refractivity contribution in [3.63, 3.8) is 0 Å². The van der Waals surface area contributed by atoms with Gasteiger partial charge in [0.1, 0.15) is 18.5 Å². The maximum atomic E-state index is 11.0. The number of anilines is 1. The minimum absolute atomic E-state index is 0.178. The summed E-state index contributed by atoms with van der Waals surface area (Å²) in [5.74, 6) is -0.291. The van der Waals surface area contributed by atoms with Gasteiger partial charge in [0.25, 0.3) is 0 Å². The van der Waals surface area contributed by atoms with Crippen LogP contribution in [0.2, 0.25) is 0 Å². The van der Waals surface area contributed by atoms with Crippen molar-refractivity contribution < 1.29 is 19.7 Å². The molecule has 1 heterocycles. The van der Waals surface area contributed by atoms with Gasteiger partial charge < -0.3 is 26.0 Å². The van der Waals surface area contributed by atoms with E-state index in [0.717, 1.165) is 18.4 Å². The van der Waals surface area contributed by atoms with Gasteiger partial charge in [-0.15, -0.1) is 0 Å². The largest absolute Gasteiger partial charge is 0.491 e. The second kappa shape index (κ2) is 6.14. The van der Waals surface area contributed by atoms with Gasteiger partial charge in [0.15, 0.2) is 0 Å². The molecule has 0 amide bonds. The molecule has 120 valence electrons. The van der Waals surface area contributed by atoms with Crippen LogP contribution in [0.1, 0.15) is 37.4 Å². The molecule has 6 heteroatoms. The number of fused-ring (bicyclic) bond motifs is 1. The van der Waals surface area contributed by atoms with E-state index in [2.05, 4.69) is 5.32 Å². The number of aliphatic hydroxyl groups excluding tert-OH is 1. The summed E-state index contributed by atoms with van der Waals surface area (Å²) in [7, 11) is 0. The van der Waals surface area contributed by atoms with E-state index in [-0.39, 0.29) is 18.0 Å². The number of nitrogen functional groups attached to an aromatic ring is 1. The first-order valence-corrected chi connectivity index (χ1v) is 7.73. The number of hydrogen-bond donors (Lipinski definition) is 4. The van der Waals surface area contributed by atoms with Crippen molar-refractivity contribution in [3.05, 3.63) is 23.8 Å². The Bertz CT molecular complexity index is 555. The molecular weight excluding hydrogens is 284 g/mol. The van der Waals surface area contributed by atoms with Crippen LogP contribution in [0.25, 0.3) is 0 Å². The fourth-order valence-corrected chi connectivity index (χ4v) is 3.36. The van der Waals surface area contributed by atoms with Crippen molar-refractivity contribution in [2.24, 2.45) is 5.92 Å². The van der Waals surface area contributed by atoms with Crippen LogP contribution in [0.3, 0.4) is 0 Å². The third-order valence-electron chi connectivity index (χ3n) is 4.68. The summed E-state index contributed by atoms with van der Waals surface area (Å²) < 4.78 is 5.69. The van der Waals surface area contributed by atoms with Gasteiger partial charge in [-0.05, 0) is 31.7 Å². The number of hydrogen-bond acceptors (Lipinski definition) is 5. The first-order valence-electron chi connectivity index (χ1n) is 7.73. The molecule has 1 aromatic rings. The zero-order valence-electron chi connectivity index (χ0n) is 12.4. The normalized spacial score (nSPS) is 31.1. The molecule has 0 saturated heterocycles. The Morgan fingerprint density at radius 3 is 2.68 bits per heavy atom. The molecule has 0 unspecified atom stereocenters. The number of carboxylic acid groups (broad SMARTS) is 1. The minimum Gasteiger partial charge on any atom is -0.491 e. The molecule has 0 radical (unpaired) electrons. The Morgan fingerprint density at radius 2 is 2.00 bits per heavy atom. The van der Waals surface area contributed by atoms with E-state index in [0.29, 0.717) is 30.9 Å². The third-order valence-corrected chi connectivity index (χ3v) is 4.68. The lowest BCUT2D eigenvalue weighted by atomic mass is 9.85. The van der Waals surface area contributed by atoms with Gasteiger partial charge in [0.2, 0.25) is 0 Å². The van der Waals surface area contributed by atoms with Crippen LogP contribution >= 0.6 is 0 Å². The molecule has 6 nitrogen and oxygen atoms in total. The molecule has 0 bridgehead atoms. The average Bonchev–Trinajstić information content (AvgIpc) is 2.50. The van der Waals surface area contributed by atoms with E-state index in [9.17, 15) is 9.90 Å². The van der Waals surface area contributed by atoms with E-state index in [4.69, 9.17) is 15.6 Å². The smallest absolute Gasteiger partial charge is 0.306 e. The van der Waals surface area contributed by atoms with E-state index >= 15 is 0 Å². The maximum Gasteiger partial charge on any atom is 0.306 e. The van der Waals surface area contributed by atoms with Gasteiger partial charge in [-0.25, -0.2) is 0 Å². The quantitative estimate of drug-likeness (QED) is 0.627. The third kappa shape index (κ3) is 3.03. The molecule has 1 aliphatic carbocycles. The summed E-state index contributed by atoms with van der Waals surface area (Å²) >= 11 is 0. The summed E-state index contributed by atoms with van der Waals surface area (Å²) in [5, 5.41) is 23.0. The Labute approximate surface area is 129 Å². The highest BCUT2D eigenvalue weighted by molar-refractivity contribution is 5.70. The van der Waals surface area contributed by atoms with Crippen molar-refractivity contribution in [1.82, 2.24) is 5.32 Å². The zero-order valence-corrected chi connectivity index (χ0v) is 12.4. The summed E-state index contributed by atoms with van der Waals surface area (Å²) in [6, 6.07) is 5.33. The Balaban J connectivity index is 1.60. The van der Waals surface area contributed by atoms with Crippen LogP contribution in [0.5, 0.6) is 5.75 Å². The fourth-order valence-electron chi connectivity index (χ4n) is 3.36. The van der Waals surface area contributed by atoms with E-state index < -0.39 is 12.1 Å². The summed E-state index contributed by atoms with van der Waals surface area (Å²) in [5.41, 5.74) is 7.09. The van der Waals surface area contributed by atoms with Crippen molar-refractivity contribution in [1.29, 1.82) is 0 Å². The van der Waals surface area contributed by atoms with Crippen LogP contribution in [-0.2, 0) is 4.79 Å². The molecule has 0 aromatic heterocycles. The monoisotopic (exact) mass is 306 g/mol. The first-order chi connectivity index (χ1) is 10.5. The SMILES string of the molecule is Nc1ccc2c(c1)OC[C@@H](NC1CCC(C(=O)O)CC1)[C@H]2O.